The first kappa shape index (κ1) is 25.3. The van der Waals surface area contributed by atoms with E-state index in [1.807, 2.05) is 18.2 Å². The number of carbonyl (C=O) groups is 1. The molecule has 0 saturated heterocycles. The standard InChI is InChI=1S/C25H30ClN7O3/c1-3-36-25(35)18-6-4-5-7-22(18)33(32-31-27)15(2)24(19-12-16(26)8-11-23(19)34)30-17-9-10-20-21(13-17)29-14-28-20/h8-14,18,22,24,30,34H,2-7H2,1H3,(H2,27,32)(H,28,29). The molecular formula is C25H30ClN7O3. The molecule has 5 N–H and O–H groups in total. The van der Waals surface area contributed by atoms with Crippen LogP contribution in [0.5, 0.6) is 5.75 Å². The number of aromatic hydroxyl groups is 1. The number of phenolic OH excluding ortho intramolecular Hbond substituents is 1. The van der Waals surface area contributed by atoms with Gasteiger partial charge in [-0.3, -0.25) is 4.79 Å². The zero-order valence-corrected chi connectivity index (χ0v) is 20.8. The van der Waals surface area contributed by atoms with Crippen LogP contribution in [0.3, 0.4) is 0 Å². The Morgan fingerprint density at radius 1 is 1.36 bits per heavy atom. The van der Waals surface area contributed by atoms with Crippen LogP contribution in [0.2, 0.25) is 5.02 Å². The number of H-pyrrole nitrogens is 1. The summed E-state index contributed by atoms with van der Waals surface area (Å²) in [6.45, 7) is 6.38. The molecule has 0 aliphatic heterocycles. The molecule has 2 aromatic carbocycles. The fourth-order valence-corrected chi connectivity index (χ4v) is 4.92. The van der Waals surface area contributed by atoms with E-state index in [2.05, 4.69) is 32.3 Å². The number of nitrogens with two attached hydrogens (primary N) is 1. The minimum atomic E-state index is -0.685. The fourth-order valence-electron chi connectivity index (χ4n) is 4.74. The van der Waals surface area contributed by atoms with E-state index in [0.29, 0.717) is 29.1 Å². The fraction of sp³-hybridized carbons (Fsp3) is 0.360. The molecule has 3 aromatic rings. The number of phenols is 1. The third-order valence-corrected chi connectivity index (χ3v) is 6.68. The third-order valence-electron chi connectivity index (χ3n) is 6.44. The van der Waals surface area contributed by atoms with Gasteiger partial charge in [0.2, 0.25) is 0 Å². The second-order valence-corrected chi connectivity index (χ2v) is 9.10. The van der Waals surface area contributed by atoms with Crippen molar-refractivity contribution in [3.05, 3.63) is 65.6 Å². The Bertz CT molecular complexity index is 1260. The molecule has 0 radical (unpaired) electrons. The first-order valence-corrected chi connectivity index (χ1v) is 12.2. The van der Waals surface area contributed by atoms with E-state index in [1.54, 1.807) is 30.4 Å². The first-order chi connectivity index (χ1) is 17.4. The molecule has 11 heteroatoms. The van der Waals surface area contributed by atoms with Crippen LogP contribution in [-0.2, 0) is 9.53 Å². The number of fused-ring (bicyclic) bond motifs is 1. The number of hydrogen-bond acceptors (Lipinski definition) is 7. The third kappa shape index (κ3) is 5.38. The molecule has 1 fully saturated rings. The Hall–Kier alpha value is -3.79. The molecule has 1 heterocycles. The van der Waals surface area contributed by atoms with Gasteiger partial charge in [-0.25, -0.2) is 9.99 Å². The summed E-state index contributed by atoms with van der Waals surface area (Å²) in [4.78, 5) is 20.2. The highest BCUT2D eigenvalue weighted by atomic mass is 35.5. The van der Waals surface area contributed by atoms with E-state index in [4.69, 9.17) is 22.2 Å². The lowest BCUT2D eigenvalue weighted by Crippen LogP contribution is -2.44. The highest BCUT2D eigenvalue weighted by Gasteiger charge is 2.39. The van der Waals surface area contributed by atoms with Gasteiger partial charge < -0.3 is 26.0 Å². The van der Waals surface area contributed by atoms with Crippen molar-refractivity contribution in [3.8, 4) is 5.75 Å². The van der Waals surface area contributed by atoms with Crippen LogP contribution in [0.1, 0.15) is 44.2 Å². The van der Waals surface area contributed by atoms with Crippen molar-refractivity contribution in [2.45, 2.75) is 44.7 Å². The maximum absolute atomic E-state index is 12.8. The van der Waals surface area contributed by atoms with Crippen molar-refractivity contribution >= 4 is 34.3 Å². The van der Waals surface area contributed by atoms with E-state index < -0.39 is 12.0 Å². The number of carbonyl (C=O) groups excluding carboxylic acids is 1. The monoisotopic (exact) mass is 511 g/mol. The zero-order chi connectivity index (χ0) is 25.7. The number of aromatic nitrogens is 2. The van der Waals surface area contributed by atoms with Crippen molar-refractivity contribution in [1.82, 2.24) is 15.0 Å². The molecule has 4 rings (SSSR count). The van der Waals surface area contributed by atoms with E-state index in [1.165, 1.54) is 6.07 Å². The first-order valence-electron chi connectivity index (χ1n) is 11.9. The molecule has 0 spiro atoms. The van der Waals surface area contributed by atoms with Crippen molar-refractivity contribution < 1.29 is 14.6 Å². The Morgan fingerprint density at radius 3 is 2.94 bits per heavy atom. The summed E-state index contributed by atoms with van der Waals surface area (Å²) in [6, 6.07) is 9.40. The van der Waals surface area contributed by atoms with Crippen molar-refractivity contribution in [3.63, 3.8) is 0 Å². The number of halogens is 1. The van der Waals surface area contributed by atoms with Crippen LogP contribution < -0.4 is 11.2 Å². The maximum atomic E-state index is 12.8. The number of imidazole rings is 1. The number of hydrogen-bond donors (Lipinski definition) is 4. The molecule has 1 aliphatic rings. The number of benzene rings is 2. The molecule has 3 atom stereocenters. The summed E-state index contributed by atoms with van der Waals surface area (Å²) in [5.41, 5.74) is 3.31. The predicted octanol–water partition coefficient (Wildman–Crippen LogP) is 5.25. The summed E-state index contributed by atoms with van der Waals surface area (Å²) >= 11 is 6.30. The second kappa shape index (κ2) is 11.3. The number of nitrogens with zero attached hydrogens (tertiary/aromatic N) is 4. The highest BCUT2D eigenvalue weighted by Crippen LogP contribution is 2.39. The van der Waals surface area contributed by atoms with Gasteiger partial charge in [-0.1, -0.05) is 36.2 Å². The normalized spacial score (nSPS) is 18.7. The molecule has 0 bridgehead atoms. The minimum absolute atomic E-state index is 0.0223. The molecule has 1 saturated carbocycles. The van der Waals surface area contributed by atoms with Gasteiger partial charge in [0.05, 0.1) is 47.7 Å². The average Bonchev–Trinajstić information content (AvgIpc) is 3.35. The van der Waals surface area contributed by atoms with Crippen molar-refractivity contribution in [2.75, 3.05) is 11.9 Å². The molecule has 190 valence electrons. The lowest BCUT2D eigenvalue weighted by molar-refractivity contribution is -0.151. The lowest BCUT2D eigenvalue weighted by atomic mass is 9.83. The average molecular weight is 512 g/mol. The number of esters is 1. The summed E-state index contributed by atoms with van der Waals surface area (Å²) in [6.07, 6.45) is 4.76. The topological polar surface area (TPSA) is 141 Å². The van der Waals surface area contributed by atoms with E-state index in [0.717, 1.165) is 29.6 Å². The van der Waals surface area contributed by atoms with Crippen LogP contribution in [-0.4, -0.2) is 38.7 Å². The summed E-state index contributed by atoms with van der Waals surface area (Å²) in [5.74, 6) is 4.82. The quantitative estimate of drug-likeness (QED) is 0.133. The second-order valence-electron chi connectivity index (χ2n) is 8.67. The van der Waals surface area contributed by atoms with E-state index >= 15 is 0 Å². The lowest BCUT2D eigenvalue weighted by Gasteiger charge is -2.39. The SMILES string of the molecule is C=C(C(Nc1ccc2[nH]cnc2c1)c1cc(Cl)ccc1O)N(/N=N\N)C1CCCCC1C(=O)OCC. The molecule has 10 nitrogen and oxygen atoms in total. The van der Waals surface area contributed by atoms with Crippen LogP contribution >= 0.6 is 11.6 Å². The van der Waals surface area contributed by atoms with Gasteiger partial charge in [0.25, 0.3) is 0 Å². The molecular weight excluding hydrogens is 482 g/mol. The minimum Gasteiger partial charge on any atom is -0.508 e. The van der Waals surface area contributed by atoms with Gasteiger partial charge in [0, 0.05) is 16.3 Å². The van der Waals surface area contributed by atoms with Crippen LogP contribution in [0.15, 0.2) is 65.4 Å². The Balaban J connectivity index is 1.74. The van der Waals surface area contributed by atoms with Crippen molar-refractivity contribution in [2.24, 2.45) is 22.2 Å². The van der Waals surface area contributed by atoms with Crippen LogP contribution in [0, 0.1) is 5.92 Å². The molecule has 1 aliphatic carbocycles. The summed E-state index contributed by atoms with van der Waals surface area (Å²) in [5, 5.41) is 23.9. The summed E-state index contributed by atoms with van der Waals surface area (Å²) in [7, 11) is 0. The smallest absolute Gasteiger partial charge is 0.311 e. The number of nitrogens with one attached hydrogen (secondary N) is 2. The number of aromatic amines is 1. The molecule has 36 heavy (non-hydrogen) atoms. The Morgan fingerprint density at radius 2 is 2.17 bits per heavy atom. The van der Waals surface area contributed by atoms with Crippen molar-refractivity contribution in [1.29, 1.82) is 0 Å². The predicted molar refractivity (Wildman–Crippen MR) is 138 cm³/mol. The Kier molecular flexibility index (Phi) is 7.94. The van der Waals surface area contributed by atoms with Crippen LogP contribution in [0.25, 0.3) is 11.0 Å². The summed E-state index contributed by atoms with van der Waals surface area (Å²) < 4.78 is 5.35. The van der Waals surface area contributed by atoms with Gasteiger partial charge in [-0.05, 0) is 61.4 Å². The van der Waals surface area contributed by atoms with E-state index in [9.17, 15) is 9.90 Å². The number of anilines is 1. The highest BCUT2D eigenvalue weighted by molar-refractivity contribution is 6.30. The maximum Gasteiger partial charge on any atom is 0.311 e. The van der Waals surface area contributed by atoms with Gasteiger partial charge in [-0.15, -0.1) is 0 Å². The number of rotatable bonds is 9. The van der Waals surface area contributed by atoms with Gasteiger partial charge in [0.1, 0.15) is 5.75 Å². The zero-order valence-electron chi connectivity index (χ0n) is 20.0. The molecule has 0 amide bonds. The largest absolute Gasteiger partial charge is 0.508 e. The van der Waals surface area contributed by atoms with Gasteiger partial charge in [-0.2, -0.15) is 0 Å². The van der Waals surface area contributed by atoms with Gasteiger partial charge in [0.15, 0.2) is 0 Å². The number of ether oxygens (including phenoxy) is 1. The molecule has 3 unspecified atom stereocenters. The van der Waals surface area contributed by atoms with E-state index in [-0.39, 0.29) is 24.4 Å². The van der Waals surface area contributed by atoms with Gasteiger partial charge >= 0.3 is 5.97 Å². The Labute approximate surface area is 214 Å². The van der Waals surface area contributed by atoms with Crippen LogP contribution in [0.4, 0.5) is 5.69 Å². The molecule has 1 aromatic heterocycles.